The summed E-state index contributed by atoms with van der Waals surface area (Å²) in [6.07, 6.45) is 9.41. The number of anilines is 2. The molecule has 0 spiro atoms. The van der Waals surface area contributed by atoms with Crippen LogP contribution in [-0.4, -0.2) is 45.5 Å². The Morgan fingerprint density at radius 1 is 1.31 bits per heavy atom. The molecular weight excluding hydrogens is 420 g/mol. The summed E-state index contributed by atoms with van der Waals surface area (Å²) in [5.74, 6) is 0. The van der Waals surface area contributed by atoms with Gasteiger partial charge in [-0.05, 0) is 45.8 Å². The normalized spacial score (nSPS) is 16.5. The molecule has 4 heterocycles. The fourth-order valence-corrected chi connectivity index (χ4v) is 4.61. The van der Waals surface area contributed by atoms with Crippen LogP contribution in [0.15, 0.2) is 47.4 Å². The van der Waals surface area contributed by atoms with Crippen LogP contribution in [0, 0.1) is 11.3 Å². The van der Waals surface area contributed by atoms with Crippen LogP contribution >= 0.6 is 11.3 Å². The average Bonchev–Trinajstić information content (AvgIpc) is 3.47. The maximum Gasteiger partial charge on any atom is 0.208 e. The van der Waals surface area contributed by atoms with E-state index in [4.69, 9.17) is 10.2 Å². The molecule has 0 aromatic carbocycles. The highest BCUT2D eigenvalue weighted by molar-refractivity contribution is 7.18. The summed E-state index contributed by atoms with van der Waals surface area (Å²) in [6, 6.07) is 4.33. The Balaban J connectivity index is 1.68. The molecule has 0 unspecified atom stereocenters. The third-order valence-electron chi connectivity index (χ3n) is 5.17. The standard InChI is InChI=1S/C23H26N8S/c1-5-21(31-16(4)10-17(12-24)13-26-31)20-11-19(27-15(2)3)18(14-25-20)22-28-29-23(32-22)30-8-6-7-9-30/h5,10-11,13-15H,4,6-9H2,1-3H3,(H,25,27)/b21-5-. The Hall–Kier alpha value is -3.51. The van der Waals surface area contributed by atoms with Gasteiger partial charge in [-0.3, -0.25) is 4.98 Å². The minimum atomic E-state index is 0.230. The number of hydrogen-bond donors (Lipinski definition) is 1. The predicted octanol–water partition coefficient (Wildman–Crippen LogP) is 4.65. The van der Waals surface area contributed by atoms with E-state index < -0.39 is 0 Å². The van der Waals surface area contributed by atoms with Crippen molar-refractivity contribution >= 4 is 34.1 Å². The molecule has 4 rings (SSSR count). The topological polar surface area (TPSA) is 93.3 Å². The number of hydrogen-bond acceptors (Lipinski definition) is 9. The van der Waals surface area contributed by atoms with Gasteiger partial charge in [0.05, 0.1) is 34.4 Å². The highest BCUT2D eigenvalue weighted by Gasteiger charge is 2.22. The number of pyridine rings is 1. The number of rotatable bonds is 6. The van der Waals surface area contributed by atoms with Crippen molar-refractivity contribution in [3.05, 3.63) is 48.0 Å². The van der Waals surface area contributed by atoms with Crippen LogP contribution in [0.5, 0.6) is 0 Å². The van der Waals surface area contributed by atoms with Crippen molar-refractivity contribution in [2.75, 3.05) is 23.3 Å². The Labute approximate surface area is 192 Å². The molecule has 2 aliphatic rings. The zero-order valence-corrected chi connectivity index (χ0v) is 19.4. The predicted molar refractivity (Wildman–Crippen MR) is 130 cm³/mol. The molecule has 0 bridgehead atoms. The van der Waals surface area contributed by atoms with Gasteiger partial charge in [0.25, 0.3) is 0 Å². The van der Waals surface area contributed by atoms with Crippen LogP contribution in [0.3, 0.4) is 0 Å². The first-order valence-corrected chi connectivity index (χ1v) is 11.5. The monoisotopic (exact) mass is 446 g/mol. The van der Waals surface area contributed by atoms with E-state index in [9.17, 15) is 0 Å². The molecule has 1 fully saturated rings. The van der Waals surface area contributed by atoms with Gasteiger partial charge in [-0.2, -0.15) is 10.4 Å². The fourth-order valence-electron chi connectivity index (χ4n) is 3.69. The second-order valence-electron chi connectivity index (χ2n) is 7.93. The zero-order valence-electron chi connectivity index (χ0n) is 18.5. The molecule has 2 aromatic heterocycles. The van der Waals surface area contributed by atoms with Crippen LogP contribution in [0.4, 0.5) is 10.8 Å². The molecule has 0 radical (unpaired) electrons. The van der Waals surface area contributed by atoms with Crippen molar-refractivity contribution in [1.29, 1.82) is 5.26 Å². The van der Waals surface area contributed by atoms with E-state index in [-0.39, 0.29) is 6.04 Å². The van der Waals surface area contributed by atoms with Crippen molar-refractivity contribution in [2.45, 2.75) is 39.7 Å². The summed E-state index contributed by atoms with van der Waals surface area (Å²) in [7, 11) is 0. The molecule has 9 heteroatoms. The smallest absolute Gasteiger partial charge is 0.208 e. The second kappa shape index (κ2) is 9.32. The van der Waals surface area contributed by atoms with Gasteiger partial charge in [0, 0.05) is 31.0 Å². The number of nitriles is 1. The van der Waals surface area contributed by atoms with Crippen molar-refractivity contribution in [3.63, 3.8) is 0 Å². The van der Waals surface area contributed by atoms with Crippen molar-refractivity contribution < 1.29 is 0 Å². The summed E-state index contributed by atoms with van der Waals surface area (Å²) < 4.78 is 0. The van der Waals surface area contributed by atoms with E-state index in [1.807, 2.05) is 25.3 Å². The van der Waals surface area contributed by atoms with Crippen LogP contribution in [0.1, 0.15) is 39.3 Å². The van der Waals surface area contributed by atoms with Gasteiger partial charge < -0.3 is 10.2 Å². The number of nitrogens with zero attached hydrogens (tertiary/aromatic N) is 7. The molecule has 1 N–H and O–H groups in total. The Morgan fingerprint density at radius 3 is 2.75 bits per heavy atom. The van der Waals surface area contributed by atoms with Gasteiger partial charge in [0.1, 0.15) is 6.07 Å². The fraction of sp³-hybridized carbons (Fsp3) is 0.348. The van der Waals surface area contributed by atoms with Crippen LogP contribution in [0.2, 0.25) is 0 Å². The van der Waals surface area contributed by atoms with E-state index in [2.05, 4.69) is 52.0 Å². The first kappa shape index (κ1) is 21.7. The molecular formula is C23H26N8S. The van der Waals surface area contributed by atoms with E-state index in [1.165, 1.54) is 19.1 Å². The van der Waals surface area contributed by atoms with Gasteiger partial charge in [-0.25, -0.2) is 5.01 Å². The van der Waals surface area contributed by atoms with Gasteiger partial charge in [0.15, 0.2) is 5.01 Å². The Kier molecular flexibility index (Phi) is 6.32. The minimum Gasteiger partial charge on any atom is -0.382 e. The summed E-state index contributed by atoms with van der Waals surface area (Å²) in [6.45, 7) is 12.2. The van der Waals surface area contributed by atoms with E-state index in [1.54, 1.807) is 22.4 Å². The van der Waals surface area contributed by atoms with Crippen molar-refractivity contribution in [1.82, 2.24) is 20.2 Å². The van der Waals surface area contributed by atoms with E-state index >= 15 is 0 Å². The Morgan fingerprint density at radius 2 is 2.09 bits per heavy atom. The first-order valence-electron chi connectivity index (χ1n) is 10.7. The van der Waals surface area contributed by atoms with Gasteiger partial charge in [-0.1, -0.05) is 24.0 Å². The molecule has 0 aliphatic carbocycles. The molecule has 1 saturated heterocycles. The van der Waals surface area contributed by atoms with E-state index in [0.717, 1.165) is 45.9 Å². The van der Waals surface area contributed by atoms with Crippen LogP contribution < -0.4 is 10.2 Å². The summed E-state index contributed by atoms with van der Waals surface area (Å²) in [5, 5.41) is 29.4. The highest BCUT2D eigenvalue weighted by atomic mass is 32.1. The van der Waals surface area contributed by atoms with Gasteiger partial charge >= 0.3 is 0 Å². The largest absolute Gasteiger partial charge is 0.382 e. The lowest BCUT2D eigenvalue weighted by Crippen LogP contribution is -2.18. The summed E-state index contributed by atoms with van der Waals surface area (Å²) >= 11 is 1.60. The van der Waals surface area contributed by atoms with Gasteiger partial charge in [0.2, 0.25) is 5.13 Å². The van der Waals surface area contributed by atoms with E-state index in [0.29, 0.717) is 11.3 Å². The third kappa shape index (κ3) is 4.41. The molecule has 2 aromatic rings. The lowest BCUT2D eigenvalue weighted by atomic mass is 10.1. The molecule has 0 atom stereocenters. The SMILES string of the molecule is C=C1C=C(C#N)C=NN1/C(=C\C)c1cc(NC(C)C)c(-c2nnc(N3CCCC3)s2)cn1. The van der Waals surface area contributed by atoms with Crippen LogP contribution in [0.25, 0.3) is 16.3 Å². The Bertz CT molecular complexity index is 1140. The molecule has 8 nitrogen and oxygen atoms in total. The third-order valence-corrected chi connectivity index (χ3v) is 6.19. The summed E-state index contributed by atoms with van der Waals surface area (Å²) in [4.78, 5) is 7.02. The number of allylic oxidation sites excluding steroid dienone is 3. The summed E-state index contributed by atoms with van der Waals surface area (Å²) in [5.41, 5.74) is 4.48. The maximum atomic E-state index is 9.12. The number of nitrogens with one attached hydrogen (secondary N) is 1. The first-order chi connectivity index (χ1) is 15.5. The molecule has 164 valence electrons. The second-order valence-corrected chi connectivity index (χ2v) is 8.89. The quantitative estimate of drug-likeness (QED) is 0.690. The highest BCUT2D eigenvalue weighted by Crippen LogP contribution is 2.36. The molecule has 32 heavy (non-hydrogen) atoms. The van der Waals surface area contributed by atoms with Crippen molar-refractivity contribution in [2.24, 2.45) is 5.10 Å². The van der Waals surface area contributed by atoms with Gasteiger partial charge in [-0.15, -0.1) is 10.2 Å². The molecule has 0 saturated carbocycles. The lowest BCUT2D eigenvalue weighted by Gasteiger charge is -2.25. The molecule has 2 aliphatic heterocycles. The zero-order chi connectivity index (χ0) is 22.7. The molecule has 0 amide bonds. The van der Waals surface area contributed by atoms with Crippen LogP contribution in [-0.2, 0) is 0 Å². The number of aromatic nitrogens is 3. The van der Waals surface area contributed by atoms with Crippen molar-refractivity contribution in [3.8, 4) is 16.6 Å². The lowest BCUT2D eigenvalue weighted by molar-refractivity contribution is 0.537. The number of hydrazone groups is 1. The maximum absolute atomic E-state index is 9.12. The minimum absolute atomic E-state index is 0.230. The average molecular weight is 447 g/mol.